The zero-order valence-corrected chi connectivity index (χ0v) is 18.9. The predicted octanol–water partition coefficient (Wildman–Crippen LogP) is 3.40. The van der Waals surface area contributed by atoms with Gasteiger partial charge in [-0.3, -0.25) is 14.4 Å². The van der Waals surface area contributed by atoms with Gasteiger partial charge in [-0.2, -0.15) is 0 Å². The van der Waals surface area contributed by atoms with Crippen molar-refractivity contribution in [2.45, 2.75) is 84.1 Å². The van der Waals surface area contributed by atoms with Crippen molar-refractivity contribution in [2.75, 3.05) is 13.1 Å². The second kappa shape index (κ2) is 12.1. The van der Waals surface area contributed by atoms with Gasteiger partial charge in [-0.05, 0) is 56.8 Å². The quantitative estimate of drug-likeness (QED) is 0.532. The fourth-order valence-electron chi connectivity index (χ4n) is 5.00. The van der Waals surface area contributed by atoms with Crippen LogP contribution in [0.25, 0.3) is 0 Å². The molecule has 6 nitrogen and oxygen atoms in total. The number of nitrogens with two attached hydrogens (primary N) is 1. The van der Waals surface area contributed by atoms with Gasteiger partial charge in [-0.25, -0.2) is 0 Å². The Balaban J connectivity index is 2.08. The molecule has 3 atom stereocenters. The summed E-state index contributed by atoms with van der Waals surface area (Å²) in [6.45, 7) is 9.34. The van der Waals surface area contributed by atoms with Gasteiger partial charge < -0.3 is 16.0 Å². The number of hydrogen-bond donors (Lipinski definition) is 2. The van der Waals surface area contributed by atoms with Gasteiger partial charge in [0.25, 0.3) is 0 Å². The Morgan fingerprint density at radius 2 is 1.80 bits per heavy atom. The molecule has 1 saturated carbocycles. The Labute approximate surface area is 182 Å². The van der Waals surface area contributed by atoms with Crippen LogP contribution >= 0.6 is 0 Å². The first-order valence-electron chi connectivity index (χ1n) is 11.8. The third-order valence-corrected chi connectivity index (χ3v) is 6.63. The van der Waals surface area contributed by atoms with Crippen molar-refractivity contribution in [3.05, 3.63) is 12.7 Å². The first kappa shape index (κ1) is 24.4. The molecule has 2 unspecified atom stereocenters. The van der Waals surface area contributed by atoms with Crippen molar-refractivity contribution in [1.29, 1.82) is 0 Å². The lowest BCUT2D eigenvalue weighted by molar-refractivity contribution is -0.139. The molecule has 1 saturated heterocycles. The Kier molecular flexibility index (Phi) is 9.86. The van der Waals surface area contributed by atoms with E-state index in [4.69, 9.17) is 5.73 Å². The van der Waals surface area contributed by atoms with E-state index in [9.17, 15) is 14.4 Å². The highest BCUT2D eigenvalue weighted by molar-refractivity contribution is 5.91. The van der Waals surface area contributed by atoms with E-state index >= 15 is 0 Å². The van der Waals surface area contributed by atoms with Crippen LogP contribution in [0.1, 0.15) is 78.1 Å². The standard InChI is InChI=1S/C24H41N3O3/c1-4-10-19(22(25)28)20(15-17(2)3)23(29)26-21-13-8-9-14-27(24(21)30)16-18-11-6-5-7-12-18/h4,17-21H,1,5-16H2,2-3H3,(H2,25,28)(H,26,29)/t19?,20?,21-/m0/s1. The summed E-state index contributed by atoms with van der Waals surface area (Å²) in [6.07, 6.45) is 11.3. The molecule has 30 heavy (non-hydrogen) atoms. The van der Waals surface area contributed by atoms with Gasteiger partial charge in [0.05, 0.1) is 11.8 Å². The topological polar surface area (TPSA) is 92.5 Å². The molecule has 6 heteroatoms. The molecule has 2 rings (SSSR count). The van der Waals surface area contributed by atoms with E-state index in [1.54, 1.807) is 6.08 Å². The van der Waals surface area contributed by atoms with Crippen molar-refractivity contribution in [2.24, 2.45) is 29.4 Å². The average Bonchev–Trinajstić information content (AvgIpc) is 2.87. The SMILES string of the molecule is C=CCC(C(N)=O)C(CC(C)C)C(=O)N[C@H]1CCCCN(CC2CCCCC2)C1=O. The van der Waals surface area contributed by atoms with Gasteiger partial charge in [0.15, 0.2) is 0 Å². The van der Waals surface area contributed by atoms with E-state index < -0.39 is 23.8 Å². The molecule has 170 valence electrons. The van der Waals surface area contributed by atoms with Crippen LogP contribution in [-0.4, -0.2) is 41.8 Å². The number of carbonyl (C=O) groups is 3. The highest BCUT2D eigenvalue weighted by Crippen LogP contribution is 2.27. The van der Waals surface area contributed by atoms with Gasteiger partial charge in [0, 0.05) is 13.1 Å². The number of amides is 3. The molecule has 1 aliphatic carbocycles. The first-order valence-corrected chi connectivity index (χ1v) is 11.8. The predicted molar refractivity (Wildman–Crippen MR) is 119 cm³/mol. The summed E-state index contributed by atoms with van der Waals surface area (Å²) in [5, 5.41) is 3.00. The van der Waals surface area contributed by atoms with Crippen LogP contribution in [0.2, 0.25) is 0 Å². The average molecular weight is 420 g/mol. The molecule has 0 aromatic carbocycles. The summed E-state index contributed by atoms with van der Waals surface area (Å²) in [6, 6.07) is -0.504. The minimum Gasteiger partial charge on any atom is -0.369 e. The number of nitrogens with zero attached hydrogens (tertiary/aromatic N) is 1. The van der Waals surface area contributed by atoms with Crippen LogP contribution in [0.15, 0.2) is 12.7 Å². The Bertz CT molecular complexity index is 599. The summed E-state index contributed by atoms with van der Waals surface area (Å²) in [5.74, 6) is -0.992. The maximum Gasteiger partial charge on any atom is 0.245 e. The Hall–Kier alpha value is -1.85. The molecule has 1 heterocycles. The summed E-state index contributed by atoms with van der Waals surface area (Å²) in [5.41, 5.74) is 5.61. The van der Waals surface area contributed by atoms with Crippen LogP contribution in [0.3, 0.4) is 0 Å². The monoisotopic (exact) mass is 419 g/mol. The fraction of sp³-hybridized carbons (Fsp3) is 0.792. The Morgan fingerprint density at radius 3 is 2.40 bits per heavy atom. The molecular weight excluding hydrogens is 378 g/mol. The smallest absolute Gasteiger partial charge is 0.245 e. The summed E-state index contributed by atoms with van der Waals surface area (Å²) < 4.78 is 0. The van der Waals surface area contributed by atoms with Crippen LogP contribution in [0.5, 0.6) is 0 Å². The molecule has 3 amide bonds. The molecule has 0 radical (unpaired) electrons. The lowest BCUT2D eigenvalue weighted by Gasteiger charge is -2.32. The maximum atomic E-state index is 13.2. The second-order valence-corrected chi connectivity index (χ2v) is 9.61. The minimum absolute atomic E-state index is 0.0362. The number of carbonyl (C=O) groups excluding carboxylic acids is 3. The zero-order chi connectivity index (χ0) is 22.1. The highest BCUT2D eigenvalue weighted by Gasteiger charge is 2.36. The minimum atomic E-state index is -0.593. The molecule has 0 spiro atoms. The van der Waals surface area contributed by atoms with Crippen molar-refractivity contribution in [3.63, 3.8) is 0 Å². The zero-order valence-electron chi connectivity index (χ0n) is 18.9. The lowest BCUT2D eigenvalue weighted by atomic mass is 9.82. The van der Waals surface area contributed by atoms with E-state index in [2.05, 4.69) is 11.9 Å². The number of nitrogens with one attached hydrogen (secondary N) is 1. The third-order valence-electron chi connectivity index (χ3n) is 6.63. The number of primary amides is 1. The molecular formula is C24H41N3O3. The second-order valence-electron chi connectivity index (χ2n) is 9.61. The van der Waals surface area contributed by atoms with Crippen LogP contribution in [-0.2, 0) is 14.4 Å². The van der Waals surface area contributed by atoms with Crippen molar-refractivity contribution in [1.82, 2.24) is 10.2 Å². The Morgan fingerprint density at radius 1 is 1.13 bits per heavy atom. The largest absolute Gasteiger partial charge is 0.369 e. The molecule has 0 aromatic heterocycles. The summed E-state index contributed by atoms with van der Waals surface area (Å²) in [7, 11) is 0. The van der Waals surface area contributed by atoms with Crippen molar-refractivity contribution >= 4 is 17.7 Å². The molecule has 2 fully saturated rings. The van der Waals surface area contributed by atoms with E-state index in [0.717, 1.165) is 25.9 Å². The fourth-order valence-corrected chi connectivity index (χ4v) is 5.00. The van der Waals surface area contributed by atoms with Gasteiger partial charge in [-0.1, -0.05) is 39.2 Å². The van der Waals surface area contributed by atoms with Crippen molar-refractivity contribution < 1.29 is 14.4 Å². The van der Waals surface area contributed by atoms with Gasteiger partial charge in [0.2, 0.25) is 17.7 Å². The van der Waals surface area contributed by atoms with E-state index in [0.29, 0.717) is 25.2 Å². The van der Waals surface area contributed by atoms with Crippen LogP contribution in [0.4, 0.5) is 0 Å². The lowest BCUT2D eigenvalue weighted by Crippen LogP contribution is -2.51. The van der Waals surface area contributed by atoms with Gasteiger partial charge in [-0.15, -0.1) is 6.58 Å². The third kappa shape index (κ3) is 7.13. The van der Waals surface area contributed by atoms with E-state index in [1.165, 1.54) is 32.1 Å². The number of allylic oxidation sites excluding steroid dienone is 1. The summed E-state index contributed by atoms with van der Waals surface area (Å²) in [4.78, 5) is 40.4. The van der Waals surface area contributed by atoms with Crippen LogP contribution in [0, 0.1) is 23.7 Å². The number of hydrogen-bond acceptors (Lipinski definition) is 3. The van der Waals surface area contributed by atoms with E-state index in [-0.39, 0.29) is 17.7 Å². The first-order chi connectivity index (χ1) is 14.3. The maximum absolute atomic E-state index is 13.2. The van der Waals surface area contributed by atoms with Gasteiger partial charge >= 0.3 is 0 Å². The van der Waals surface area contributed by atoms with Crippen LogP contribution < -0.4 is 11.1 Å². The number of rotatable bonds is 10. The normalized spacial score (nSPS) is 23.0. The van der Waals surface area contributed by atoms with E-state index in [1.807, 2.05) is 18.7 Å². The molecule has 3 N–H and O–H groups in total. The molecule has 2 aliphatic rings. The van der Waals surface area contributed by atoms with Crippen molar-refractivity contribution in [3.8, 4) is 0 Å². The number of likely N-dealkylation sites (tertiary alicyclic amines) is 1. The van der Waals surface area contributed by atoms with Gasteiger partial charge in [0.1, 0.15) is 6.04 Å². The highest BCUT2D eigenvalue weighted by atomic mass is 16.2. The summed E-state index contributed by atoms with van der Waals surface area (Å²) >= 11 is 0. The molecule has 0 bridgehead atoms. The molecule has 0 aromatic rings. The molecule has 1 aliphatic heterocycles.